The molecule has 3 heterocycles. The Morgan fingerprint density at radius 2 is 1.92 bits per heavy atom. The third-order valence-electron chi connectivity index (χ3n) is 3.45. The summed E-state index contributed by atoms with van der Waals surface area (Å²) in [5.41, 5.74) is 2.52. The predicted octanol–water partition coefficient (Wildman–Crippen LogP) is 3.92. The lowest BCUT2D eigenvalue weighted by atomic mass is 10.2. The van der Waals surface area contributed by atoms with Gasteiger partial charge < -0.3 is 0 Å². The highest BCUT2D eigenvalue weighted by molar-refractivity contribution is 8.18. The smallest absolute Gasteiger partial charge is 0.282 e. The van der Waals surface area contributed by atoms with Crippen LogP contribution in [0.3, 0.4) is 0 Å². The van der Waals surface area contributed by atoms with E-state index >= 15 is 0 Å². The van der Waals surface area contributed by atoms with Gasteiger partial charge in [-0.1, -0.05) is 24.3 Å². The van der Waals surface area contributed by atoms with Crippen molar-refractivity contribution in [2.24, 2.45) is 0 Å². The molecule has 0 saturated carbocycles. The van der Waals surface area contributed by atoms with Gasteiger partial charge in [0.15, 0.2) is 0 Å². The lowest BCUT2D eigenvalue weighted by Crippen LogP contribution is -2.17. The lowest BCUT2D eigenvalue weighted by Gasteiger charge is -1.99. The summed E-state index contributed by atoms with van der Waals surface area (Å²) in [5, 5.41) is 8.57. The second-order valence-corrected chi connectivity index (χ2v) is 7.01. The SMILES string of the molecule is O=C1NC(=O)/C(=C\c2cn(-c3ccccc3)nc2-c2cccs2)S1. The average molecular weight is 353 g/mol. The van der Waals surface area contributed by atoms with Crippen molar-refractivity contribution in [3.63, 3.8) is 0 Å². The Morgan fingerprint density at radius 1 is 1.08 bits per heavy atom. The van der Waals surface area contributed by atoms with Crippen LogP contribution in [0.4, 0.5) is 4.79 Å². The summed E-state index contributed by atoms with van der Waals surface area (Å²) >= 11 is 2.49. The molecule has 7 heteroatoms. The molecule has 0 unspecified atom stereocenters. The maximum absolute atomic E-state index is 11.8. The molecule has 1 fully saturated rings. The van der Waals surface area contributed by atoms with Gasteiger partial charge in [0.25, 0.3) is 11.1 Å². The van der Waals surface area contributed by atoms with Gasteiger partial charge in [-0.2, -0.15) is 5.10 Å². The van der Waals surface area contributed by atoms with E-state index in [1.54, 1.807) is 22.1 Å². The highest BCUT2D eigenvalue weighted by Crippen LogP contribution is 2.32. The molecule has 1 aliphatic heterocycles. The van der Waals surface area contributed by atoms with Crippen molar-refractivity contribution in [1.82, 2.24) is 15.1 Å². The molecule has 0 bridgehead atoms. The quantitative estimate of drug-likeness (QED) is 0.725. The number of benzene rings is 1. The number of para-hydroxylation sites is 1. The van der Waals surface area contributed by atoms with E-state index in [9.17, 15) is 9.59 Å². The van der Waals surface area contributed by atoms with Crippen LogP contribution in [0.15, 0.2) is 58.9 Å². The molecule has 2 aromatic heterocycles. The van der Waals surface area contributed by atoms with E-state index in [1.165, 1.54) is 0 Å². The Hall–Kier alpha value is -2.64. The fourth-order valence-electron chi connectivity index (χ4n) is 2.37. The Labute approximate surface area is 146 Å². The number of thioether (sulfide) groups is 1. The highest BCUT2D eigenvalue weighted by atomic mass is 32.2. The van der Waals surface area contributed by atoms with E-state index in [2.05, 4.69) is 10.4 Å². The second kappa shape index (κ2) is 6.10. The number of aromatic nitrogens is 2. The van der Waals surface area contributed by atoms with Crippen LogP contribution >= 0.6 is 23.1 Å². The summed E-state index contributed by atoms with van der Waals surface area (Å²) < 4.78 is 1.78. The molecule has 3 aromatic rings. The molecule has 1 saturated heterocycles. The predicted molar refractivity (Wildman–Crippen MR) is 96.0 cm³/mol. The van der Waals surface area contributed by atoms with Crippen molar-refractivity contribution in [2.75, 3.05) is 0 Å². The zero-order valence-corrected chi connectivity index (χ0v) is 13.9. The minimum absolute atomic E-state index is 0.348. The Morgan fingerprint density at radius 3 is 2.58 bits per heavy atom. The average Bonchev–Trinajstić information content (AvgIpc) is 3.29. The number of amides is 2. The van der Waals surface area contributed by atoms with E-state index in [4.69, 9.17) is 0 Å². The van der Waals surface area contributed by atoms with Crippen LogP contribution in [0.2, 0.25) is 0 Å². The monoisotopic (exact) mass is 353 g/mol. The van der Waals surface area contributed by atoms with Crippen LogP contribution in [0.5, 0.6) is 0 Å². The van der Waals surface area contributed by atoms with E-state index in [0.29, 0.717) is 4.91 Å². The Balaban J connectivity index is 1.83. The highest BCUT2D eigenvalue weighted by Gasteiger charge is 2.26. The first-order valence-electron chi connectivity index (χ1n) is 7.14. The molecule has 118 valence electrons. The molecule has 1 aliphatic rings. The lowest BCUT2D eigenvalue weighted by molar-refractivity contribution is -0.115. The molecular weight excluding hydrogens is 342 g/mol. The van der Waals surface area contributed by atoms with Gasteiger partial charge in [0.2, 0.25) is 0 Å². The molecule has 4 rings (SSSR count). The number of nitrogens with one attached hydrogen (secondary N) is 1. The molecule has 5 nitrogen and oxygen atoms in total. The molecule has 2 amide bonds. The molecule has 0 aliphatic carbocycles. The van der Waals surface area contributed by atoms with E-state index < -0.39 is 0 Å². The zero-order chi connectivity index (χ0) is 16.5. The largest absolute Gasteiger partial charge is 0.290 e. The number of hydrogen-bond donors (Lipinski definition) is 1. The summed E-state index contributed by atoms with van der Waals surface area (Å²) in [5.74, 6) is -0.366. The summed E-state index contributed by atoms with van der Waals surface area (Å²) in [4.78, 5) is 24.6. The summed E-state index contributed by atoms with van der Waals surface area (Å²) in [6.45, 7) is 0. The van der Waals surface area contributed by atoms with Gasteiger partial charge in [0, 0.05) is 11.8 Å². The first-order chi connectivity index (χ1) is 11.7. The Bertz CT molecular complexity index is 944. The van der Waals surface area contributed by atoms with Gasteiger partial charge in [-0.25, -0.2) is 4.68 Å². The van der Waals surface area contributed by atoms with Gasteiger partial charge in [-0.05, 0) is 41.4 Å². The van der Waals surface area contributed by atoms with Gasteiger partial charge in [-0.3, -0.25) is 14.9 Å². The molecule has 1 aromatic carbocycles. The van der Waals surface area contributed by atoms with Crippen LogP contribution in [-0.2, 0) is 4.79 Å². The number of imide groups is 1. The number of nitrogens with zero attached hydrogens (tertiary/aromatic N) is 2. The standard InChI is InChI=1S/C17H11N3O2S2/c21-16-14(24-17(22)18-16)9-11-10-20(12-5-2-1-3-6-12)19-15(11)13-7-4-8-23-13/h1-10H,(H,18,21,22)/b14-9+. The van der Waals surface area contributed by atoms with Crippen LogP contribution in [0, 0.1) is 0 Å². The third-order valence-corrected chi connectivity index (χ3v) is 5.13. The molecular formula is C17H11N3O2S2. The molecule has 0 atom stereocenters. The Kier molecular flexibility index (Phi) is 3.79. The minimum atomic E-state index is -0.366. The molecule has 0 radical (unpaired) electrons. The number of thiophene rings is 1. The van der Waals surface area contributed by atoms with Crippen molar-refractivity contribution in [3.05, 3.63) is 64.5 Å². The normalized spacial score (nSPS) is 15.9. The zero-order valence-electron chi connectivity index (χ0n) is 12.3. The van der Waals surface area contributed by atoms with Crippen molar-refractivity contribution in [1.29, 1.82) is 0 Å². The van der Waals surface area contributed by atoms with Gasteiger partial charge in [-0.15, -0.1) is 11.3 Å². The topological polar surface area (TPSA) is 64.0 Å². The van der Waals surface area contributed by atoms with Crippen molar-refractivity contribution in [2.45, 2.75) is 0 Å². The van der Waals surface area contributed by atoms with E-state index in [1.807, 2.05) is 54.0 Å². The van der Waals surface area contributed by atoms with Crippen LogP contribution in [0.25, 0.3) is 22.3 Å². The first-order valence-corrected chi connectivity index (χ1v) is 8.84. The van der Waals surface area contributed by atoms with E-state index in [0.717, 1.165) is 33.6 Å². The van der Waals surface area contributed by atoms with Gasteiger partial charge >= 0.3 is 0 Å². The number of carbonyl (C=O) groups is 2. The number of carbonyl (C=O) groups excluding carboxylic acids is 2. The van der Waals surface area contributed by atoms with Crippen LogP contribution in [-0.4, -0.2) is 20.9 Å². The van der Waals surface area contributed by atoms with E-state index in [-0.39, 0.29) is 11.1 Å². The fraction of sp³-hybridized carbons (Fsp3) is 0. The number of rotatable bonds is 3. The maximum Gasteiger partial charge on any atom is 0.290 e. The van der Waals surface area contributed by atoms with Crippen LogP contribution in [0.1, 0.15) is 5.56 Å². The second-order valence-electron chi connectivity index (χ2n) is 5.04. The third kappa shape index (κ3) is 2.79. The van der Waals surface area contributed by atoms with Crippen LogP contribution < -0.4 is 5.32 Å². The summed E-state index contributed by atoms with van der Waals surface area (Å²) in [6.07, 6.45) is 3.58. The maximum atomic E-state index is 11.8. The van der Waals surface area contributed by atoms with Gasteiger partial charge in [0.1, 0.15) is 5.69 Å². The summed E-state index contributed by atoms with van der Waals surface area (Å²) in [7, 11) is 0. The molecule has 1 N–H and O–H groups in total. The molecule has 24 heavy (non-hydrogen) atoms. The van der Waals surface area contributed by atoms with Gasteiger partial charge in [0.05, 0.1) is 15.5 Å². The first kappa shape index (κ1) is 14.9. The summed E-state index contributed by atoms with van der Waals surface area (Å²) in [6, 6.07) is 13.7. The van der Waals surface area contributed by atoms with Crippen molar-refractivity contribution >= 4 is 40.3 Å². The van der Waals surface area contributed by atoms with Crippen molar-refractivity contribution < 1.29 is 9.59 Å². The number of hydrogen-bond acceptors (Lipinski definition) is 5. The minimum Gasteiger partial charge on any atom is -0.282 e. The van der Waals surface area contributed by atoms with Crippen molar-refractivity contribution in [3.8, 4) is 16.3 Å². The molecule has 0 spiro atoms. The fourth-order valence-corrected chi connectivity index (χ4v) is 3.78.